The van der Waals surface area contributed by atoms with Gasteiger partial charge in [-0.25, -0.2) is 4.39 Å². The molecular formula is C11H10ClF. The molecule has 0 aliphatic rings. The van der Waals surface area contributed by atoms with Crippen molar-refractivity contribution in [3.8, 4) is 11.8 Å². The molecule has 0 amide bonds. The number of halogens is 2. The van der Waals surface area contributed by atoms with Crippen LogP contribution in [0.25, 0.3) is 0 Å². The summed E-state index contributed by atoms with van der Waals surface area (Å²) in [7, 11) is 0. The second-order valence-electron chi connectivity index (χ2n) is 2.85. The minimum absolute atomic E-state index is 0.216. The van der Waals surface area contributed by atoms with E-state index in [1.54, 1.807) is 0 Å². The van der Waals surface area contributed by atoms with Gasteiger partial charge in [0, 0.05) is 5.56 Å². The lowest BCUT2D eigenvalue weighted by atomic mass is 10.0. The molecule has 13 heavy (non-hydrogen) atoms. The maximum absolute atomic E-state index is 12.9. The van der Waals surface area contributed by atoms with E-state index in [-0.39, 0.29) is 5.82 Å². The van der Waals surface area contributed by atoms with Crippen LogP contribution in [0.1, 0.15) is 16.7 Å². The van der Waals surface area contributed by atoms with E-state index in [2.05, 4.69) is 11.8 Å². The zero-order valence-electron chi connectivity index (χ0n) is 7.62. The third kappa shape index (κ3) is 2.47. The van der Waals surface area contributed by atoms with Crippen molar-refractivity contribution in [2.45, 2.75) is 13.8 Å². The minimum atomic E-state index is -0.216. The topological polar surface area (TPSA) is 0 Å². The van der Waals surface area contributed by atoms with Crippen LogP contribution in [0.2, 0.25) is 0 Å². The average Bonchev–Trinajstić information content (AvgIpc) is 2.02. The monoisotopic (exact) mass is 196 g/mol. The molecule has 0 nitrogen and oxygen atoms in total. The van der Waals surface area contributed by atoms with Crippen LogP contribution in [0.4, 0.5) is 4.39 Å². The Labute approximate surface area is 82.7 Å². The number of benzene rings is 1. The van der Waals surface area contributed by atoms with Crippen molar-refractivity contribution in [3.05, 3.63) is 34.6 Å². The van der Waals surface area contributed by atoms with Gasteiger partial charge in [-0.2, -0.15) is 0 Å². The molecule has 0 N–H and O–H groups in total. The van der Waals surface area contributed by atoms with Gasteiger partial charge in [0.05, 0.1) is 5.88 Å². The largest absolute Gasteiger partial charge is 0.207 e. The van der Waals surface area contributed by atoms with Gasteiger partial charge in [0.1, 0.15) is 5.82 Å². The van der Waals surface area contributed by atoms with Crippen LogP contribution >= 0.6 is 11.6 Å². The predicted octanol–water partition coefficient (Wildman–Crippen LogP) is 3.03. The van der Waals surface area contributed by atoms with Gasteiger partial charge in [-0.3, -0.25) is 0 Å². The third-order valence-electron chi connectivity index (χ3n) is 1.78. The summed E-state index contributed by atoms with van der Waals surface area (Å²) in [6.45, 7) is 3.68. The first-order chi connectivity index (χ1) is 6.15. The van der Waals surface area contributed by atoms with E-state index in [1.165, 1.54) is 12.1 Å². The van der Waals surface area contributed by atoms with Crippen molar-refractivity contribution < 1.29 is 4.39 Å². The van der Waals surface area contributed by atoms with Gasteiger partial charge < -0.3 is 0 Å². The summed E-state index contributed by atoms with van der Waals surface area (Å²) in [6.07, 6.45) is 0. The number of alkyl halides is 1. The van der Waals surface area contributed by atoms with Crippen LogP contribution in [-0.2, 0) is 0 Å². The molecule has 0 unspecified atom stereocenters. The molecule has 0 fully saturated rings. The Morgan fingerprint density at radius 1 is 1.31 bits per heavy atom. The fourth-order valence-corrected chi connectivity index (χ4v) is 1.30. The lowest BCUT2D eigenvalue weighted by molar-refractivity contribution is 0.625. The Hall–Kier alpha value is -1.00. The highest BCUT2D eigenvalue weighted by Crippen LogP contribution is 2.14. The van der Waals surface area contributed by atoms with Crippen molar-refractivity contribution >= 4 is 11.6 Å². The normalized spacial score (nSPS) is 9.23. The van der Waals surface area contributed by atoms with E-state index in [0.29, 0.717) is 5.88 Å². The van der Waals surface area contributed by atoms with Crippen LogP contribution in [0.3, 0.4) is 0 Å². The van der Waals surface area contributed by atoms with Crippen molar-refractivity contribution in [2.75, 3.05) is 5.88 Å². The molecule has 68 valence electrons. The SMILES string of the molecule is Cc1cc(F)cc(C)c1C#CCCl. The van der Waals surface area contributed by atoms with Gasteiger partial charge >= 0.3 is 0 Å². The maximum atomic E-state index is 12.9. The molecule has 0 bridgehead atoms. The average molecular weight is 197 g/mol. The molecule has 0 spiro atoms. The van der Waals surface area contributed by atoms with Crippen LogP contribution in [0.15, 0.2) is 12.1 Å². The molecule has 0 aromatic heterocycles. The summed E-state index contributed by atoms with van der Waals surface area (Å²) in [5.74, 6) is 5.75. The van der Waals surface area contributed by atoms with Crippen molar-refractivity contribution in [1.82, 2.24) is 0 Å². The first kappa shape index (κ1) is 10.1. The van der Waals surface area contributed by atoms with E-state index < -0.39 is 0 Å². The molecule has 1 aromatic rings. The Morgan fingerprint density at radius 2 is 1.85 bits per heavy atom. The molecule has 1 rings (SSSR count). The van der Waals surface area contributed by atoms with E-state index in [4.69, 9.17) is 11.6 Å². The Morgan fingerprint density at radius 3 is 2.31 bits per heavy atom. The summed E-state index contributed by atoms with van der Waals surface area (Å²) >= 11 is 5.44. The molecule has 0 aliphatic heterocycles. The van der Waals surface area contributed by atoms with E-state index >= 15 is 0 Å². The van der Waals surface area contributed by atoms with Gasteiger partial charge in [0.2, 0.25) is 0 Å². The molecule has 0 saturated carbocycles. The number of hydrogen-bond donors (Lipinski definition) is 0. The van der Waals surface area contributed by atoms with Gasteiger partial charge in [-0.1, -0.05) is 11.8 Å². The van der Waals surface area contributed by atoms with Crippen LogP contribution in [0.5, 0.6) is 0 Å². The summed E-state index contributed by atoms with van der Waals surface area (Å²) in [5.41, 5.74) is 2.59. The molecule has 0 heterocycles. The minimum Gasteiger partial charge on any atom is -0.207 e. The fraction of sp³-hybridized carbons (Fsp3) is 0.273. The second kappa shape index (κ2) is 4.30. The molecule has 0 radical (unpaired) electrons. The molecular weight excluding hydrogens is 187 g/mol. The standard InChI is InChI=1S/C11H10ClF/c1-8-6-10(13)7-9(2)11(8)4-3-5-12/h6-7H,5H2,1-2H3. The van der Waals surface area contributed by atoms with Crippen LogP contribution in [-0.4, -0.2) is 5.88 Å². The van der Waals surface area contributed by atoms with Crippen LogP contribution < -0.4 is 0 Å². The summed E-state index contributed by atoms with van der Waals surface area (Å²) in [6, 6.07) is 2.95. The first-order valence-electron chi connectivity index (χ1n) is 3.96. The Balaban J connectivity index is 3.21. The zero-order valence-corrected chi connectivity index (χ0v) is 8.37. The highest BCUT2D eigenvalue weighted by molar-refractivity contribution is 6.19. The second-order valence-corrected chi connectivity index (χ2v) is 3.12. The van der Waals surface area contributed by atoms with Gasteiger partial charge in [0.15, 0.2) is 0 Å². The van der Waals surface area contributed by atoms with E-state index in [0.717, 1.165) is 16.7 Å². The smallest absolute Gasteiger partial charge is 0.123 e. The Bertz CT molecular complexity index is 348. The third-order valence-corrected chi connectivity index (χ3v) is 1.91. The summed E-state index contributed by atoms with van der Waals surface area (Å²) < 4.78 is 12.9. The van der Waals surface area contributed by atoms with E-state index in [9.17, 15) is 4.39 Å². The van der Waals surface area contributed by atoms with Crippen molar-refractivity contribution in [3.63, 3.8) is 0 Å². The van der Waals surface area contributed by atoms with Gasteiger partial charge in [0.25, 0.3) is 0 Å². The number of hydrogen-bond acceptors (Lipinski definition) is 0. The number of aryl methyl sites for hydroxylation is 2. The lowest BCUT2D eigenvalue weighted by Gasteiger charge is -2.02. The summed E-state index contributed by atoms with van der Waals surface area (Å²) in [5, 5.41) is 0. The van der Waals surface area contributed by atoms with Crippen LogP contribution in [0, 0.1) is 31.5 Å². The quantitative estimate of drug-likeness (QED) is 0.442. The highest BCUT2D eigenvalue weighted by Gasteiger charge is 2.01. The molecule has 0 atom stereocenters. The molecule has 1 aromatic carbocycles. The van der Waals surface area contributed by atoms with E-state index in [1.807, 2.05) is 13.8 Å². The first-order valence-corrected chi connectivity index (χ1v) is 4.50. The molecule has 0 aliphatic carbocycles. The predicted molar refractivity (Wildman–Crippen MR) is 53.5 cm³/mol. The number of rotatable bonds is 0. The Kier molecular flexibility index (Phi) is 3.33. The van der Waals surface area contributed by atoms with Crippen molar-refractivity contribution in [1.29, 1.82) is 0 Å². The fourth-order valence-electron chi connectivity index (χ4n) is 1.23. The summed E-state index contributed by atoms with van der Waals surface area (Å²) in [4.78, 5) is 0. The van der Waals surface area contributed by atoms with Gasteiger partial charge in [-0.05, 0) is 37.1 Å². The zero-order chi connectivity index (χ0) is 9.84. The lowest BCUT2D eigenvalue weighted by Crippen LogP contribution is -1.90. The molecule has 0 saturated heterocycles. The molecule has 2 heteroatoms. The highest BCUT2D eigenvalue weighted by atomic mass is 35.5. The van der Waals surface area contributed by atoms with Crippen molar-refractivity contribution in [2.24, 2.45) is 0 Å². The van der Waals surface area contributed by atoms with Gasteiger partial charge in [-0.15, -0.1) is 11.6 Å². The maximum Gasteiger partial charge on any atom is 0.123 e.